The lowest BCUT2D eigenvalue weighted by Crippen LogP contribution is -2.33. The van der Waals surface area contributed by atoms with Crippen LogP contribution in [0, 0.1) is 5.41 Å². The van der Waals surface area contributed by atoms with Gasteiger partial charge in [0.1, 0.15) is 15.7 Å². The minimum Gasteiger partial charge on any atom is -0.383 e. The molecule has 0 aromatic carbocycles. The van der Waals surface area contributed by atoms with Crippen molar-refractivity contribution in [3.8, 4) is 0 Å². The van der Waals surface area contributed by atoms with Crippen LogP contribution in [0.15, 0.2) is 0 Å². The minimum absolute atomic E-state index is 0.0226. The van der Waals surface area contributed by atoms with Gasteiger partial charge in [0.15, 0.2) is 0 Å². The zero-order chi connectivity index (χ0) is 21.1. The van der Waals surface area contributed by atoms with Crippen LogP contribution in [0.5, 0.6) is 0 Å². The lowest BCUT2D eigenvalue weighted by Gasteiger charge is -2.27. The molecule has 29 heavy (non-hydrogen) atoms. The maximum atomic E-state index is 12.4. The highest BCUT2D eigenvalue weighted by Crippen LogP contribution is 2.41. The van der Waals surface area contributed by atoms with Crippen LogP contribution in [-0.4, -0.2) is 85.3 Å². The Morgan fingerprint density at radius 1 is 1.21 bits per heavy atom. The summed E-state index contributed by atoms with van der Waals surface area (Å²) in [7, 11) is -1.58. The first-order chi connectivity index (χ1) is 13.7. The maximum absolute atomic E-state index is 12.4. The van der Waals surface area contributed by atoms with E-state index in [-0.39, 0.29) is 29.4 Å². The molecule has 3 rings (SSSR count). The van der Waals surface area contributed by atoms with E-state index in [0.29, 0.717) is 45.0 Å². The molecule has 1 fully saturated rings. The van der Waals surface area contributed by atoms with Gasteiger partial charge < -0.3 is 19.5 Å². The molecular formula is C18H29N5O5S. The number of sulfone groups is 1. The Kier molecular flexibility index (Phi) is 6.57. The van der Waals surface area contributed by atoms with Crippen LogP contribution in [0.25, 0.3) is 0 Å². The Hall–Kier alpha value is -2.01. The van der Waals surface area contributed by atoms with Gasteiger partial charge in [0.25, 0.3) is 5.91 Å². The standard InChI is InChI=1S/C18H29N5O5S/c1-28-11-8-19-17(25)16-21-20-14-3-5-18(7-10-23(14)16)6-9-22(13-18)15(24)4-12-29(2,26)27/h3-13H2,1-2H3,(H,19,25). The number of hydrogen-bond acceptors (Lipinski definition) is 7. The zero-order valence-electron chi connectivity index (χ0n) is 17.0. The van der Waals surface area contributed by atoms with Gasteiger partial charge in [-0.25, -0.2) is 8.42 Å². The van der Waals surface area contributed by atoms with Crippen LogP contribution in [-0.2, 0) is 32.3 Å². The highest BCUT2D eigenvalue weighted by molar-refractivity contribution is 7.90. The number of nitrogens with one attached hydrogen (secondary N) is 1. The summed E-state index contributed by atoms with van der Waals surface area (Å²) in [6.45, 7) is 2.74. The van der Waals surface area contributed by atoms with Crippen molar-refractivity contribution >= 4 is 21.7 Å². The van der Waals surface area contributed by atoms with E-state index < -0.39 is 9.84 Å². The fraction of sp³-hybridized carbons (Fsp3) is 0.778. The van der Waals surface area contributed by atoms with Crippen molar-refractivity contribution < 1.29 is 22.7 Å². The van der Waals surface area contributed by atoms with Crippen LogP contribution < -0.4 is 5.32 Å². The van der Waals surface area contributed by atoms with E-state index in [1.807, 2.05) is 4.57 Å². The molecule has 1 spiro atoms. The molecule has 1 aromatic heterocycles. The average molecular weight is 428 g/mol. The largest absolute Gasteiger partial charge is 0.383 e. The van der Waals surface area contributed by atoms with Crippen molar-refractivity contribution in [1.82, 2.24) is 25.0 Å². The highest BCUT2D eigenvalue weighted by Gasteiger charge is 2.41. The lowest BCUT2D eigenvalue weighted by atomic mass is 9.80. The van der Waals surface area contributed by atoms with Gasteiger partial charge in [0, 0.05) is 52.4 Å². The first-order valence-corrected chi connectivity index (χ1v) is 11.9. The Morgan fingerprint density at radius 3 is 2.69 bits per heavy atom. The topological polar surface area (TPSA) is 123 Å². The smallest absolute Gasteiger partial charge is 0.289 e. The number of carbonyl (C=O) groups excluding carboxylic acids is 2. The SMILES string of the molecule is COCCNC(=O)c1nnc2n1CCC1(CC2)CCN(C(=O)CCS(C)(=O)=O)C1. The van der Waals surface area contributed by atoms with Gasteiger partial charge in [-0.1, -0.05) is 0 Å². The van der Waals surface area contributed by atoms with Crippen molar-refractivity contribution in [2.24, 2.45) is 5.41 Å². The van der Waals surface area contributed by atoms with E-state index in [4.69, 9.17) is 4.74 Å². The van der Waals surface area contributed by atoms with E-state index >= 15 is 0 Å². The summed E-state index contributed by atoms with van der Waals surface area (Å²) in [6, 6.07) is 0. The van der Waals surface area contributed by atoms with Crippen molar-refractivity contribution in [2.45, 2.75) is 38.6 Å². The van der Waals surface area contributed by atoms with Gasteiger partial charge in [-0.2, -0.15) is 0 Å². The first-order valence-electron chi connectivity index (χ1n) is 9.88. The molecule has 10 nitrogen and oxygen atoms in total. The minimum atomic E-state index is -3.15. The number of likely N-dealkylation sites (tertiary alicyclic amines) is 1. The Bertz CT molecular complexity index is 868. The summed E-state index contributed by atoms with van der Waals surface area (Å²) in [5, 5.41) is 11.0. The Morgan fingerprint density at radius 2 is 1.97 bits per heavy atom. The third kappa shape index (κ3) is 5.33. The second kappa shape index (κ2) is 8.78. The number of hydrogen-bond donors (Lipinski definition) is 1. The van der Waals surface area contributed by atoms with Gasteiger partial charge in [-0.05, 0) is 24.7 Å². The van der Waals surface area contributed by atoms with E-state index in [2.05, 4.69) is 15.5 Å². The molecule has 162 valence electrons. The maximum Gasteiger partial charge on any atom is 0.289 e. The van der Waals surface area contributed by atoms with Gasteiger partial charge in [-0.15, -0.1) is 10.2 Å². The molecule has 1 atom stereocenters. The van der Waals surface area contributed by atoms with Crippen molar-refractivity contribution in [3.63, 3.8) is 0 Å². The van der Waals surface area contributed by atoms with E-state index in [1.165, 1.54) is 0 Å². The number of aromatic nitrogens is 3. The predicted molar refractivity (Wildman–Crippen MR) is 105 cm³/mol. The molecule has 1 N–H and O–H groups in total. The molecule has 0 bridgehead atoms. The first kappa shape index (κ1) is 21.7. The zero-order valence-corrected chi connectivity index (χ0v) is 17.8. The molecule has 2 aliphatic heterocycles. The fourth-order valence-electron chi connectivity index (χ4n) is 4.11. The summed E-state index contributed by atoms with van der Waals surface area (Å²) in [6.07, 6.45) is 4.45. The quantitative estimate of drug-likeness (QED) is 0.590. The van der Waals surface area contributed by atoms with Gasteiger partial charge in [0.05, 0.1) is 12.4 Å². The van der Waals surface area contributed by atoms with Crippen LogP contribution in [0.2, 0.25) is 0 Å². The van der Waals surface area contributed by atoms with E-state index in [1.54, 1.807) is 12.0 Å². The molecule has 1 saturated heterocycles. The monoisotopic (exact) mass is 427 g/mol. The van der Waals surface area contributed by atoms with Gasteiger partial charge in [0.2, 0.25) is 11.7 Å². The number of methoxy groups -OCH3 is 1. The summed E-state index contributed by atoms with van der Waals surface area (Å²) >= 11 is 0. The third-order valence-corrected chi connectivity index (χ3v) is 6.79. The van der Waals surface area contributed by atoms with E-state index in [0.717, 1.165) is 31.3 Å². The highest BCUT2D eigenvalue weighted by atomic mass is 32.2. The number of ether oxygens (including phenoxy) is 1. The number of carbonyl (C=O) groups is 2. The number of rotatable bonds is 7. The summed E-state index contributed by atoms with van der Waals surface area (Å²) in [5.74, 6) is 0.626. The third-order valence-electron chi connectivity index (χ3n) is 5.84. The van der Waals surface area contributed by atoms with Crippen molar-refractivity contribution in [2.75, 3.05) is 45.4 Å². The Balaban J connectivity index is 1.61. The number of fused-ring (bicyclic) bond motifs is 1. The number of amides is 2. The second-order valence-corrected chi connectivity index (χ2v) is 10.3. The normalized spacial score (nSPS) is 21.8. The molecule has 0 aliphatic carbocycles. The number of aryl methyl sites for hydroxylation is 1. The predicted octanol–water partition coefficient (Wildman–Crippen LogP) is -0.356. The van der Waals surface area contributed by atoms with Crippen molar-refractivity contribution in [3.05, 3.63) is 11.6 Å². The fourth-order valence-corrected chi connectivity index (χ4v) is 4.65. The summed E-state index contributed by atoms with van der Waals surface area (Å²) < 4.78 is 29.5. The van der Waals surface area contributed by atoms with Crippen LogP contribution in [0.4, 0.5) is 0 Å². The van der Waals surface area contributed by atoms with Gasteiger partial charge in [-0.3, -0.25) is 9.59 Å². The summed E-state index contributed by atoms with van der Waals surface area (Å²) in [4.78, 5) is 26.6. The van der Waals surface area contributed by atoms with Crippen LogP contribution in [0.1, 0.15) is 42.1 Å². The molecule has 1 unspecified atom stereocenters. The molecule has 1 aromatic rings. The summed E-state index contributed by atoms with van der Waals surface area (Å²) in [5.41, 5.74) is -0.0226. The van der Waals surface area contributed by atoms with Gasteiger partial charge >= 0.3 is 0 Å². The van der Waals surface area contributed by atoms with E-state index in [9.17, 15) is 18.0 Å². The number of nitrogens with zero attached hydrogens (tertiary/aromatic N) is 4. The molecule has 0 saturated carbocycles. The molecular weight excluding hydrogens is 398 g/mol. The molecule has 2 amide bonds. The van der Waals surface area contributed by atoms with Crippen molar-refractivity contribution in [1.29, 1.82) is 0 Å². The second-order valence-electron chi connectivity index (χ2n) is 8.04. The van der Waals surface area contributed by atoms with Crippen LogP contribution >= 0.6 is 0 Å². The molecule has 3 heterocycles. The Labute approximate surface area is 170 Å². The molecule has 0 radical (unpaired) electrons. The molecule has 11 heteroatoms. The lowest BCUT2D eigenvalue weighted by molar-refractivity contribution is -0.130. The molecule has 2 aliphatic rings. The average Bonchev–Trinajstić information content (AvgIpc) is 3.22. The van der Waals surface area contributed by atoms with Crippen LogP contribution in [0.3, 0.4) is 0 Å².